The first-order valence-corrected chi connectivity index (χ1v) is 3.83. The van der Waals surface area contributed by atoms with Crippen molar-refractivity contribution in [3.63, 3.8) is 0 Å². The van der Waals surface area contributed by atoms with Gasteiger partial charge in [-0.3, -0.25) is 4.90 Å². The van der Waals surface area contributed by atoms with E-state index in [0.717, 1.165) is 0 Å². The lowest BCUT2D eigenvalue weighted by Gasteiger charge is -2.34. The molecular weight excluding hydrogens is 150 g/mol. The minimum Gasteiger partial charge on any atom is -0.330 e. The Morgan fingerprint density at radius 2 is 2.18 bits per heavy atom. The summed E-state index contributed by atoms with van der Waals surface area (Å²) >= 11 is 0. The standard InChI is InChI=1S/C7H14F2N2/c1-11-4-6(8)5(3-10)2-7(11)9/h5-7H,2-4,10H2,1H3. The molecule has 11 heavy (non-hydrogen) atoms. The molecule has 1 aliphatic rings. The van der Waals surface area contributed by atoms with Crippen LogP contribution in [0, 0.1) is 5.92 Å². The van der Waals surface area contributed by atoms with E-state index in [4.69, 9.17) is 5.73 Å². The number of nitrogens with zero attached hydrogens (tertiary/aromatic N) is 1. The number of hydrogen-bond donors (Lipinski definition) is 1. The highest BCUT2D eigenvalue weighted by molar-refractivity contribution is 4.81. The van der Waals surface area contributed by atoms with E-state index in [9.17, 15) is 8.78 Å². The van der Waals surface area contributed by atoms with Gasteiger partial charge in [-0.2, -0.15) is 0 Å². The molecule has 0 aromatic carbocycles. The van der Waals surface area contributed by atoms with E-state index in [1.165, 1.54) is 4.90 Å². The number of nitrogens with two attached hydrogens (primary N) is 1. The molecule has 1 rings (SSSR count). The normalized spacial score (nSPS) is 40.9. The van der Waals surface area contributed by atoms with Crippen molar-refractivity contribution in [2.45, 2.75) is 18.9 Å². The second kappa shape index (κ2) is 3.45. The topological polar surface area (TPSA) is 29.3 Å². The molecule has 4 heteroatoms. The highest BCUT2D eigenvalue weighted by atomic mass is 19.1. The Morgan fingerprint density at radius 1 is 1.55 bits per heavy atom. The van der Waals surface area contributed by atoms with Gasteiger partial charge >= 0.3 is 0 Å². The second-order valence-corrected chi connectivity index (χ2v) is 3.12. The SMILES string of the molecule is CN1CC(F)C(CN)CC1F. The summed E-state index contributed by atoms with van der Waals surface area (Å²) in [4.78, 5) is 1.39. The maximum atomic E-state index is 13.0. The minimum absolute atomic E-state index is 0.170. The van der Waals surface area contributed by atoms with E-state index in [0.29, 0.717) is 0 Å². The quantitative estimate of drug-likeness (QED) is 0.573. The average molecular weight is 164 g/mol. The van der Waals surface area contributed by atoms with Gasteiger partial charge in [-0.25, -0.2) is 8.78 Å². The fourth-order valence-electron chi connectivity index (χ4n) is 1.36. The Balaban J connectivity index is 2.48. The summed E-state index contributed by atoms with van der Waals surface area (Å²) in [5.41, 5.74) is 5.28. The zero-order chi connectivity index (χ0) is 8.43. The highest BCUT2D eigenvalue weighted by Crippen LogP contribution is 2.23. The fraction of sp³-hybridized carbons (Fsp3) is 1.00. The van der Waals surface area contributed by atoms with E-state index in [1.54, 1.807) is 7.05 Å². The van der Waals surface area contributed by atoms with Crippen molar-refractivity contribution in [3.8, 4) is 0 Å². The predicted molar refractivity (Wildman–Crippen MR) is 39.6 cm³/mol. The van der Waals surface area contributed by atoms with Gasteiger partial charge in [0.05, 0.1) is 0 Å². The van der Waals surface area contributed by atoms with Crippen LogP contribution < -0.4 is 5.73 Å². The summed E-state index contributed by atoms with van der Waals surface area (Å²) in [5, 5.41) is 0. The molecule has 1 fully saturated rings. The Labute approximate surface area is 65.4 Å². The van der Waals surface area contributed by atoms with Crippen molar-refractivity contribution in [3.05, 3.63) is 0 Å². The van der Waals surface area contributed by atoms with Crippen molar-refractivity contribution in [1.29, 1.82) is 0 Å². The van der Waals surface area contributed by atoms with Crippen LogP contribution in [0.25, 0.3) is 0 Å². The van der Waals surface area contributed by atoms with Crippen LogP contribution in [0.1, 0.15) is 6.42 Å². The van der Waals surface area contributed by atoms with Crippen LogP contribution in [0.15, 0.2) is 0 Å². The number of likely N-dealkylation sites (tertiary alicyclic amines) is 1. The Morgan fingerprint density at radius 3 is 2.73 bits per heavy atom. The molecule has 2 nitrogen and oxygen atoms in total. The van der Waals surface area contributed by atoms with Crippen LogP contribution in [0.3, 0.4) is 0 Å². The van der Waals surface area contributed by atoms with Crippen LogP contribution in [0.5, 0.6) is 0 Å². The molecule has 0 aromatic rings. The Hall–Kier alpha value is -0.220. The second-order valence-electron chi connectivity index (χ2n) is 3.12. The van der Waals surface area contributed by atoms with Gasteiger partial charge < -0.3 is 5.73 Å². The number of piperidine rings is 1. The lowest BCUT2D eigenvalue weighted by molar-refractivity contribution is -0.00367. The molecule has 2 N–H and O–H groups in total. The van der Waals surface area contributed by atoms with E-state index in [-0.39, 0.29) is 25.4 Å². The van der Waals surface area contributed by atoms with Crippen molar-refractivity contribution in [2.24, 2.45) is 11.7 Å². The van der Waals surface area contributed by atoms with Crippen molar-refractivity contribution in [1.82, 2.24) is 4.90 Å². The van der Waals surface area contributed by atoms with Gasteiger partial charge in [0.15, 0.2) is 6.30 Å². The molecular formula is C7H14F2N2. The molecule has 1 heterocycles. The summed E-state index contributed by atoms with van der Waals surface area (Å²) in [6.07, 6.45) is -1.75. The molecule has 1 aliphatic heterocycles. The fourth-order valence-corrected chi connectivity index (χ4v) is 1.36. The van der Waals surface area contributed by atoms with Crippen LogP contribution in [-0.2, 0) is 0 Å². The Kier molecular flexibility index (Phi) is 2.78. The zero-order valence-electron chi connectivity index (χ0n) is 6.63. The minimum atomic E-state index is -1.02. The lowest BCUT2D eigenvalue weighted by atomic mass is 9.95. The average Bonchev–Trinajstić information content (AvgIpc) is 1.97. The molecule has 0 aliphatic carbocycles. The first-order valence-electron chi connectivity index (χ1n) is 3.83. The molecule has 1 saturated heterocycles. The number of rotatable bonds is 1. The number of halogens is 2. The van der Waals surface area contributed by atoms with Gasteiger partial charge in [0.2, 0.25) is 0 Å². The lowest BCUT2D eigenvalue weighted by Crippen LogP contribution is -2.46. The van der Waals surface area contributed by atoms with Gasteiger partial charge in [-0.15, -0.1) is 0 Å². The predicted octanol–water partition coefficient (Wildman–Crippen LogP) is 0.531. The summed E-state index contributed by atoms with van der Waals surface area (Å²) in [5.74, 6) is -0.291. The number of alkyl halides is 2. The molecule has 0 bridgehead atoms. The molecule has 0 amide bonds. The molecule has 66 valence electrons. The molecule has 3 unspecified atom stereocenters. The van der Waals surface area contributed by atoms with Crippen molar-refractivity contribution >= 4 is 0 Å². The third-order valence-corrected chi connectivity index (χ3v) is 2.25. The van der Waals surface area contributed by atoms with E-state index >= 15 is 0 Å². The first-order chi connectivity index (χ1) is 5.15. The maximum absolute atomic E-state index is 13.0. The maximum Gasteiger partial charge on any atom is 0.153 e. The van der Waals surface area contributed by atoms with Gasteiger partial charge in [0, 0.05) is 12.5 Å². The van der Waals surface area contributed by atoms with Gasteiger partial charge in [0.25, 0.3) is 0 Å². The van der Waals surface area contributed by atoms with E-state index in [1.807, 2.05) is 0 Å². The summed E-state index contributed by atoms with van der Waals surface area (Å²) in [6.45, 7) is 0.415. The van der Waals surface area contributed by atoms with Crippen LogP contribution in [0.4, 0.5) is 8.78 Å². The molecule has 0 spiro atoms. The first kappa shape index (κ1) is 8.87. The molecule has 0 radical (unpaired) electrons. The van der Waals surface area contributed by atoms with Gasteiger partial charge in [-0.05, 0) is 20.0 Å². The van der Waals surface area contributed by atoms with Crippen LogP contribution in [0.2, 0.25) is 0 Å². The van der Waals surface area contributed by atoms with Crippen LogP contribution >= 0.6 is 0 Å². The number of hydrogen-bond acceptors (Lipinski definition) is 2. The molecule has 3 atom stereocenters. The molecule has 0 saturated carbocycles. The third kappa shape index (κ3) is 1.87. The third-order valence-electron chi connectivity index (χ3n) is 2.25. The van der Waals surface area contributed by atoms with Gasteiger partial charge in [0.1, 0.15) is 6.17 Å². The summed E-state index contributed by atoms with van der Waals surface area (Å²) in [6, 6.07) is 0. The largest absolute Gasteiger partial charge is 0.330 e. The van der Waals surface area contributed by atoms with Crippen LogP contribution in [-0.4, -0.2) is 37.5 Å². The van der Waals surface area contributed by atoms with Gasteiger partial charge in [-0.1, -0.05) is 0 Å². The Bertz CT molecular complexity index is 132. The smallest absolute Gasteiger partial charge is 0.153 e. The zero-order valence-corrected chi connectivity index (χ0v) is 6.63. The van der Waals surface area contributed by atoms with Crippen molar-refractivity contribution in [2.75, 3.05) is 20.1 Å². The summed E-state index contributed by atoms with van der Waals surface area (Å²) < 4.78 is 25.9. The van der Waals surface area contributed by atoms with E-state index < -0.39 is 12.5 Å². The van der Waals surface area contributed by atoms with E-state index in [2.05, 4.69) is 0 Å². The van der Waals surface area contributed by atoms with Crippen molar-refractivity contribution < 1.29 is 8.78 Å². The molecule has 0 aromatic heterocycles. The monoisotopic (exact) mass is 164 g/mol. The highest BCUT2D eigenvalue weighted by Gasteiger charge is 2.32. The summed E-state index contributed by atoms with van der Waals surface area (Å²) in [7, 11) is 1.59.